The lowest BCUT2D eigenvalue weighted by Crippen LogP contribution is -2.79. The molecule has 12 N–H and O–H groups in total. The van der Waals surface area contributed by atoms with Gasteiger partial charge in [-0.2, -0.15) is 0 Å². The van der Waals surface area contributed by atoms with Gasteiger partial charge in [-0.15, -0.1) is 0 Å². The molecule has 2 aliphatic rings. The number of likely N-dealkylation sites (tertiary alicyclic amines) is 1. The number of aldehydes is 1. The molecular formula is C28H38FN3O16. The molecule has 0 bridgehead atoms. The molecular weight excluding hydrogens is 653 g/mol. The quantitative estimate of drug-likeness (QED) is 0.0293. The van der Waals surface area contributed by atoms with Crippen LogP contribution in [0.15, 0.2) is 35.2 Å². The van der Waals surface area contributed by atoms with E-state index in [9.17, 15) is 70.6 Å². The zero-order valence-electron chi connectivity index (χ0n) is 26.0. The van der Waals surface area contributed by atoms with Gasteiger partial charge in [-0.25, -0.2) is 4.39 Å². The summed E-state index contributed by atoms with van der Waals surface area (Å²) in [5.41, 5.74) is -7.78. The molecule has 1 unspecified atom stereocenters. The number of amides is 2. The predicted molar refractivity (Wildman–Crippen MR) is 156 cm³/mol. The van der Waals surface area contributed by atoms with E-state index in [2.05, 4.69) is 6.58 Å². The maximum atomic E-state index is 15.2. The molecule has 1 aromatic carbocycles. The number of aromatic hydroxyl groups is 3. The van der Waals surface area contributed by atoms with Gasteiger partial charge >= 0.3 is 0 Å². The van der Waals surface area contributed by atoms with Crippen molar-refractivity contribution in [3.63, 3.8) is 0 Å². The van der Waals surface area contributed by atoms with Crippen LogP contribution in [0.3, 0.4) is 0 Å². The van der Waals surface area contributed by atoms with Crippen LogP contribution in [-0.2, 0) is 37.0 Å². The fourth-order valence-electron chi connectivity index (χ4n) is 4.65. The third-order valence-corrected chi connectivity index (χ3v) is 7.34. The lowest BCUT2D eigenvalue weighted by Gasteiger charge is -2.46. The maximum Gasteiger partial charge on any atom is 0.285 e. The third kappa shape index (κ3) is 6.80. The molecule has 2 fully saturated rings. The second kappa shape index (κ2) is 15.0. The molecule has 0 saturated carbocycles. The number of carbonyl (C=O) groups is 3. The minimum atomic E-state index is -4.63. The Morgan fingerprint density at radius 2 is 1.56 bits per heavy atom. The Morgan fingerprint density at radius 3 is 2.06 bits per heavy atom. The lowest BCUT2D eigenvalue weighted by atomic mass is 9.91. The fourth-order valence-corrected chi connectivity index (χ4v) is 4.65. The summed E-state index contributed by atoms with van der Waals surface area (Å²) in [4.78, 5) is 38.6. The number of benzene rings is 1. The number of likely N-dealkylation sites (N-methyl/N-ethyl adjacent to an activating group) is 1. The minimum Gasteiger partial charge on any atom is -0.505 e. The Bertz CT molecular complexity index is 1470. The molecule has 48 heavy (non-hydrogen) atoms. The zero-order chi connectivity index (χ0) is 36.9. The van der Waals surface area contributed by atoms with Crippen molar-refractivity contribution in [3.05, 3.63) is 52.1 Å². The molecule has 0 spiro atoms. The Labute approximate surface area is 271 Å². The van der Waals surface area contributed by atoms with E-state index in [1.165, 1.54) is 0 Å². The molecule has 3 rings (SSSR count). The number of hydrogen-bond donors (Lipinski definition) is 12. The van der Waals surface area contributed by atoms with Gasteiger partial charge in [0, 0.05) is 26.7 Å². The smallest absolute Gasteiger partial charge is 0.285 e. The second-order valence-electron chi connectivity index (χ2n) is 10.1. The number of carbonyl (C=O) groups excluding carboxylic acids is 3. The second-order valence-corrected chi connectivity index (χ2v) is 10.1. The summed E-state index contributed by atoms with van der Waals surface area (Å²) in [6, 6.07) is 0. The Morgan fingerprint density at radius 1 is 1.02 bits per heavy atom. The van der Waals surface area contributed by atoms with Crippen LogP contribution in [0.1, 0.15) is 25.0 Å². The van der Waals surface area contributed by atoms with Crippen LogP contribution < -0.4 is 5.32 Å². The van der Waals surface area contributed by atoms with Gasteiger partial charge in [0.15, 0.2) is 40.9 Å². The van der Waals surface area contributed by atoms with Crippen molar-refractivity contribution < 1.29 is 84.4 Å². The standard InChI is InChI=1S/C26H32FN3O16.C2H6/c1-11(32)17(33)15-12(8-30(21(15)37)25(42,23(39)28-2)26(43,44)24(40,41)10-31)22(38)46-9-14-16(27)18(34)13(19(35)20(14)36)7-29-3-5-45-6-4-29;1-2/h10,32-36,38,40-44H,1,3-9H2,2H3,(H,28,39);1-2H3/b17-15-,22-12+;. The maximum absolute atomic E-state index is 15.2. The number of aliphatic hydroxyl groups is 8. The largest absolute Gasteiger partial charge is 0.505 e. The molecule has 2 amide bonds. The van der Waals surface area contributed by atoms with Crippen molar-refractivity contribution in [1.29, 1.82) is 0 Å². The van der Waals surface area contributed by atoms with E-state index in [1.807, 2.05) is 13.8 Å². The van der Waals surface area contributed by atoms with Crippen LogP contribution in [0.4, 0.5) is 4.39 Å². The predicted octanol–water partition coefficient (Wildman–Crippen LogP) is -2.19. The van der Waals surface area contributed by atoms with Crippen molar-refractivity contribution in [2.45, 2.75) is 44.3 Å². The van der Waals surface area contributed by atoms with Crippen molar-refractivity contribution in [1.82, 2.24) is 15.1 Å². The number of hydrogen-bond acceptors (Lipinski definition) is 17. The molecule has 0 aliphatic carbocycles. The first kappa shape index (κ1) is 39.5. The highest BCUT2D eigenvalue weighted by Gasteiger charge is 2.71. The number of nitrogens with zero attached hydrogens (tertiary/aromatic N) is 2. The van der Waals surface area contributed by atoms with Crippen molar-refractivity contribution >= 4 is 18.1 Å². The molecule has 0 radical (unpaired) electrons. The first-order chi connectivity index (χ1) is 22.3. The van der Waals surface area contributed by atoms with Crippen molar-refractivity contribution in [2.24, 2.45) is 0 Å². The van der Waals surface area contributed by atoms with Crippen LogP contribution in [0.25, 0.3) is 0 Å². The zero-order valence-corrected chi connectivity index (χ0v) is 26.0. The molecule has 1 aromatic rings. The number of rotatable bonds is 11. The summed E-state index contributed by atoms with van der Waals surface area (Å²) in [5.74, 6) is -21.6. The van der Waals surface area contributed by atoms with Crippen LogP contribution in [0, 0.1) is 5.82 Å². The summed E-state index contributed by atoms with van der Waals surface area (Å²) in [5, 5.41) is 116. The fraction of sp³-hybridized carbons (Fsp3) is 0.464. The summed E-state index contributed by atoms with van der Waals surface area (Å²) in [6.07, 6.45) is -0.916. The van der Waals surface area contributed by atoms with E-state index in [0.29, 0.717) is 26.3 Å². The summed E-state index contributed by atoms with van der Waals surface area (Å²) in [6.45, 7) is 5.52. The molecule has 2 saturated heterocycles. The van der Waals surface area contributed by atoms with Crippen LogP contribution in [0.2, 0.25) is 0 Å². The number of phenols is 3. The topological polar surface area (TPSA) is 311 Å². The number of phenolic OH excluding ortho intramolecular Hbond substituents is 3. The van der Waals surface area contributed by atoms with Crippen LogP contribution in [-0.4, -0.2) is 141 Å². The molecule has 0 aromatic heterocycles. The van der Waals surface area contributed by atoms with E-state index in [0.717, 1.165) is 7.05 Å². The Hall–Kier alpha value is -4.70. The number of morpholine rings is 1. The first-order valence-corrected chi connectivity index (χ1v) is 14.0. The molecule has 1 atom stereocenters. The number of halogens is 1. The van der Waals surface area contributed by atoms with Gasteiger partial charge in [-0.3, -0.25) is 24.2 Å². The molecule has 19 nitrogen and oxygen atoms in total. The van der Waals surface area contributed by atoms with Crippen LogP contribution >= 0.6 is 0 Å². The number of ether oxygens (including phenoxy) is 2. The third-order valence-electron chi connectivity index (χ3n) is 7.34. The average molecular weight is 692 g/mol. The van der Waals surface area contributed by atoms with E-state index >= 15 is 4.39 Å². The van der Waals surface area contributed by atoms with Gasteiger partial charge in [0.1, 0.15) is 6.61 Å². The van der Waals surface area contributed by atoms with Gasteiger partial charge in [-0.1, -0.05) is 20.4 Å². The van der Waals surface area contributed by atoms with Gasteiger partial charge in [-0.05, 0) is 0 Å². The normalized spacial score (nSPS) is 19.1. The van der Waals surface area contributed by atoms with Crippen molar-refractivity contribution in [2.75, 3.05) is 39.9 Å². The summed E-state index contributed by atoms with van der Waals surface area (Å²) >= 11 is 0. The monoisotopic (exact) mass is 691 g/mol. The molecule has 268 valence electrons. The minimum absolute atomic E-state index is 0.198. The first-order valence-electron chi connectivity index (χ1n) is 14.0. The molecule has 20 heteroatoms. The highest BCUT2D eigenvalue weighted by atomic mass is 19.1. The molecule has 2 heterocycles. The van der Waals surface area contributed by atoms with Crippen LogP contribution in [0.5, 0.6) is 17.2 Å². The number of nitrogens with one attached hydrogen (secondary N) is 1. The summed E-state index contributed by atoms with van der Waals surface area (Å²) < 4.78 is 25.4. The van der Waals surface area contributed by atoms with E-state index in [-0.39, 0.29) is 17.0 Å². The van der Waals surface area contributed by atoms with Crippen molar-refractivity contribution in [3.8, 4) is 17.2 Å². The van der Waals surface area contributed by atoms with Gasteiger partial charge in [0.05, 0.1) is 42.0 Å². The van der Waals surface area contributed by atoms with Gasteiger partial charge < -0.3 is 71.0 Å². The van der Waals surface area contributed by atoms with Gasteiger partial charge in [0.2, 0.25) is 0 Å². The van der Waals surface area contributed by atoms with E-state index in [4.69, 9.17) is 9.47 Å². The SMILES string of the molecule is C=C(O)/C(O)=C1/C(=O)N(C(O)(C(=O)NC)C(O)(O)C(O)(O)C=O)C/C1=C(/O)OCc1c(O)c(O)c(CN2CCOCC2)c(O)c1F.CC. The Kier molecular flexibility index (Phi) is 12.4. The lowest BCUT2D eigenvalue weighted by molar-refractivity contribution is -0.398. The average Bonchev–Trinajstić information content (AvgIpc) is 3.42. The van der Waals surface area contributed by atoms with E-state index < -0.39 is 106 Å². The summed E-state index contributed by atoms with van der Waals surface area (Å²) in [7, 11) is 0.778. The molecule has 2 aliphatic heterocycles. The van der Waals surface area contributed by atoms with E-state index in [1.54, 1.807) is 10.2 Å². The number of aliphatic hydroxyl groups excluding tert-OH is 3. The Balaban J connectivity index is 0.00000392. The highest BCUT2D eigenvalue weighted by molar-refractivity contribution is 6.05. The van der Waals surface area contributed by atoms with Gasteiger partial charge in [0.25, 0.3) is 35.1 Å². The highest BCUT2D eigenvalue weighted by Crippen LogP contribution is 2.44.